The second kappa shape index (κ2) is 13.9. The first kappa shape index (κ1) is 28.3. The van der Waals surface area contributed by atoms with Crippen LogP contribution in [0.4, 0.5) is 4.79 Å². The first-order valence-electron chi connectivity index (χ1n) is 13.0. The number of amides is 3. The molecule has 0 fully saturated rings. The van der Waals surface area contributed by atoms with E-state index in [9.17, 15) is 9.59 Å². The van der Waals surface area contributed by atoms with Crippen molar-refractivity contribution in [2.24, 2.45) is 5.92 Å². The number of benzene rings is 2. The number of aromatic nitrogens is 1. The Hall–Kier alpha value is -3.25. The highest BCUT2D eigenvalue weighted by atomic mass is 35.5. The van der Waals surface area contributed by atoms with Crippen molar-refractivity contribution >= 4 is 23.5 Å². The number of carbonyl (C=O) groups excluding carboxylic acids is 2. The normalized spacial score (nSPS) is 11.8. The lowest BCUT2D eigenvalue weighted by Gasteiger charge is -2.32. The smallest absolute Gasteiger partial charge is 0.318 e. The van der Waals surface area contributed by atoms with Gasteiger partial charge in [0, 0.05) is 42.6 Å². The molecule has 1 atom stereocenters. The summed E-state index contributed by atoms with van der Waals surface area (Å²) in [6, 6.07) is 21.3. The second-order valence-electron chi connectivity index (χ2n) is 9.92. The molecule has 0 aliphatic carbocycles. The maximum atomic E-state index is 13.6. The van der Waals surface area contributed by atoms with Gasteiger partial charge in [0.15, 0.2) is 0 Å². The molecule has 0 aliphatic heterocycles. The third-order valence-electron chi connectivity index (χ3n) is 6.49. The minimum Gasteiger partial charge on any atom is -0.345 e. The molecule has 1 aromatic heterocycles. The SMILES string of the molecule is CCC(C)N(CC(=O)N(Cc1cccn1Cc1ccccc1Cl)CC(C)C)C(=O)NCc1ccccc1. The average molecular weight is 523 g/mol. The number of nitrogens with one attached hydrogen (secondary N) is 1. The van der Waals surface area contributed by atoms with Gasteiger partial charge in [0.25, 0.3) is 0 Å². The summed E-state index contributed by atoms with van der Waals surface area (Å²) >= 11 is 6.39. The van der Waals surface area contributed by atoms with Gasteiger partial charge in [-0.2, -0.15) is 0 Å². The fraction of sp³-hybridized carbons (Fsp3) is 0.400. The molecule has 0 aliphatic rings. The molecule has 3 amide bonds. The molecule has 6 nitrogen and oxygen atoms in total. The van der Waals surface area contributed by atoms with Gasteiger partial charge in [-0.05, 0) is 48.6 Å². The molecule has 0 bridgehead atoms. The molecule has 1 unspecified atom stereocenters. The number of hydrogen-bond donors (Lipinski definition) is 1. The highest BCUT2D eigenvalue weighted by Gasteiger charge is 2.25. The summed E-state index contributed by atoms with van der Waals surface area (Å²) in [5, 5.41) is 3.71. The van der Waals surface area contributed by atoms with Crippen LogP contribution in [0.15, 0.2) is 72.9 Å². The molecule has 37 heavy (non-hydrogen) atoms. The summed E-state index contributed by atoms with van der Waals surface area (Å²) in [7, 11) is 0. The van der Waals surface area contributed by atoms with E-state index < -0.39 is 0 Å². The Labute approximate surface area is 226 Å². The van der Waals surface area contributed by atoms with Gasteiger partial charge in [-0.1, -0.05) is 80.9 Å². The van der Waals surface area contributed by atoms with E-state index in [1.807, 2.05) is 91.7 Å². The van der Waals surface area contributed by atoms with Gasteiger partial charge >= 0.3 is 6.03 Å². The third kappa shape index (κ3) is 8.39. The van der Waals surface area contributed by atoms with Crippen LogP contribution < -0.4 is 5.32 Å². The standard InChI is InChI=1S/C30H39ClN4O2/c1-5-24(4)35(30(37)32-18-25-12-7-6-8-13-25)22-29(36)34(19-23(2)3)21-27-15-11-17-33(27)20-26-14-9-10-16-28(26)31/h6-17,23-24H,5,18-22H2,1-4H3,(H,32,37). The van der Waals surface area contributed by atoms with Crippen molar-refractivity contribution in [3.63, 3.8) is 0 Å². The Morgan fingerprint density at radius 1 is 0.973 bits per heavy atom. The highest BCUT2D eigenvalue weighted by molar-refractivity contribution is 6.31. The van der Waals surface area contributed by atoms with E-state index in [-0.39, 0.29) is 24.5 Å². The van der Waals surface area contributed by atoms with Crippen molar-refractivity contribution in [2.75, 3.05) is 13.1 Å². The van der Waals surface area contributed by atoms with E-state index in [4.69, 9.17) is 11.6 Å². The maximum Gasteiger partial charge on any atom is 0.318 e. The van der Waals surface area contributed by atoms with Gasteiger partial charge in [0.1, 0.15) is 6.54 Å². The first-order chi connectivity index (χ1) is 17.8. The van der Waals surface area contributed by atoms with Crippen molar-refractivity contribution in [3.8, 4) is 0 Å². The first-order valence-corrected chi connectivity index (χ1v) is 13.4. The van der Waals surface area contributed by atoms with Crippen LogP contribution in [-0.4, -0.2) is 45.4 Å². The van der Waals surface area contributed by atoms with Crippen LogP contribution in [0.5, 0.6) is 0 Å². The van der Waals surface area contributed by atoms with Crippen LogP contribution in [0, 0.1) is 5.92 Å². The summed E-state index contributed by atoms with van der Waals surface area (Å²) in [6.45, 7) is 10.4. The lowest BCUT2D eigenvalue weighted by Crippen LogP contribution is -2.50. The number of nitrogens with zero attached hydrogens (tertiary/aromatic N) is 3. The van der Waals surface area contributed by atoms with Crippen molar-refractivity contribution in [1.29, 1.82) is 0 Å². The van der Waals surface area contributed by atoms with Crippen molar-refractivity contribution in [1.82, 2.24) is 19.7 Å². The van der Waals surface area contributed by atoms with E-state index >= 15 is 0 Å². The largest absolute Gasteiger partial charge is 0.345 e. The summed E-state index contributed by atoms with van der Waals surface area (Å²) < 4.78 is 2.13. The Morgan fingerprint density at radius 3 is 2.35 bits per heavy atom. The predicted molar refractivity (Wildman–Crippen MR) is 150 cm³/mol. The summed E-state index contributed by atoms with van der Waals surface area (Å²) in [5.41, 5.74) is 3.07. The molecule has 7 heteroatoms. The minimum atomic E-state index is -0.224. The number of urea groups is 1. The van der Waals surface area contributed by atoms with Crippen LogP contribution >= 0.6 is 11.6 Å². The molecule has 1 N–H and O–H groups in total. The summed E-state index contributed by atoms with van der Waals surface area (Å²) in [6.07, 6.45) is 2.77. The lowest BCUT2D eigenvalue weighted by molar-refractivity contribution is -0.133. The Balaban J connectivity index is 1.72. The Kier molecular flexibility index (Phi) is 10.6. The molecule has 3 aromatic rings. The number of carbonyl (C=O) groups is 2. The molecule has 1 heterocycles. The fourth-order valence-electron chi connectivity index (χ4n) is 4.22. The Morgan fingerprint density at radius 2 is 1.68 bits per heavy atom. The minimum absolute atomic E-state index is 0.0353. The molecule has 0 spiro atoms. The molecule has 0 radical (unpaired) electrons. The van der Waals surface area contributed by atoms with Crippen molar-refractivity contribution < 1.29 is 9.59 Å². The lowest BCUT2D eigenvalue weighted by atomic mass is 10.2. The third-order valence-corrected chi connectivity index (χ3v) is 6.86. The zero-order valence-corrected chi connectivity index (χ0v) is 23.1. The van der Waals surface area contributed by atoms with Crippen LogP contribution in [0.1, 0.15) is 50.9 Å². The quantitative estimate of drug-likeness (QED) is 0.308. The summed E-state index contributed by atoms with van der Waals surface area (Å²) in [5.74, 6) is 0.231. The maximum absolute atomic E-state index is 13.6. The van der Waals surface area contributed by atoms with E-state index in [0.29, 0.717) is 32.1 Å². The highest BCUT2D eigenvalue weighted by Crippen LogP contribution is 2.19. The van der Waals surface area contributed by atoms with E-state index in [0.717, 1.165) is 28.3 Å². The molecule has 0 saturated carbocycles. The average Bonchev–Trinajstić information content (AvgIpc) is 3.33. The number of halogens is 1. The van der Waals surface area contributed by atoms with Crippen LogP contribution in [-0.2, 0) is 24.4 Å². The molecule has 198 valence electrons. The molecule has 0 saturated heterocycles. The van der Waals surface area contributed by atoms with Gasteiger partial charge < -0.3 is 19.7 Å². The van der Waals surface area contributed by atoms with E-state index in [1.54, 1.807) is 4.90 Å². The monoisotopic (exact) mass is 522 g/mol. The van der Waals surface area contributed by atoms with Crippen LogP contribution in [0.25, 0.3) is 0 Å². The summed E-state index contributed by atoms with van der Waals surface area (Å²) in [4.78, 5) is 30.3. The molecular formula is C30H39ClN4O2. The topological polar surface area (TPSA) is 57.6 Å². The van der Waals surface area contributed by atoms with Gasteiger partial charge in [0.2, 0.25) is 5.91 Å². The zero-order chi connectivity index (χ0) is 26.8. The van der Waals surface area contributed by atoms with Crippen LogP contribution in [0.3, 0.4) is 0 Å². The second-order valence-corrected chi connectivity index (χ2v) is 10.3. The van der Waals surface area contributed by atoms with Gasteiger partial charge in [-0.25, -0.2) is 4.79 Å². The molecular weight excluding hydrogens is 484 g/mol. The molecule has 2 aromatic carbocycles. The Bertz CT molecular complexity index is 1150. The van der Waals surface area contributed by atoms with Crippen molar-refractivity contribution in [2.45, 2.75) is 59.8 Å². The fourth-order valence-corrected chi connectivity index (χ4v) is 4.41. The van der Waals surface area contributed by atoms with E-state index in [1.165, 1.54) is 0 Å². The van der Waals surface area contributed by atoms with Crippen molar-refractivity contribution in [3.05, 3.63) is 94.8 Å². The number of hydrogen-bond acceptors (Lipinski definition) is 2. The zero-order valence-electron chi connectivity index (χ0n) is 22.4. The van der Waals surface area contributed by atoms with Crippen LogP contribution in [0.2, 0.25) is 5.02 Å². The van der Waals surface area contributed by atoms with Gasteiger partial charge in [-0.3, -0.25) is 4.79 Å². The van der Waals surface area contributed by atoms with E-state index in [2.05, 4.69) is 23.7 Å². The van der Waals surface area contributed by atoms with Gasteiger partial charge in [0.05, 0.1) is 6.54 Å². The number of rotatable bonds is 12. The predicted octanol–water partition coefficient (Wildman–Crippen LogP) is 6.18. The molecule has 3 rings (SSSR count). The van der Waals surface area contributed by atoms with Gasteiger partial charge in [-0.15, -0.1) is 0 Å².